The van der Waals surface area contributed by atoms with Gasteiger partial charge in [0.05, 0.1) is 0 Å². The van der Waals surface area contributed by atoms with Crippen molar-refractivity contribution in [2.75, 3.05) is 0 Å². The predicted octanol–water partition coefficient (Wildman–Crippen LogP) is 7.11. The standard InChI is InChI=1S/C26H45N/c1-5-18(2)7-6-8-19-9-11-23-22(19)10-12-24-25(3)16-14-21(27)17-20(25)13-15-26(23,24)4/h19-24H,2,5-17,27H2,1,3-4H3/t19?,20?,21-,22?,23?,24?,25?,26?/m1/s1. The smallest absolute Gasteiger partial charge is 0.00418 e. The van der Waals surface area contributed by atoms with E-state index in [4.69, 9.17) is 5.73 Å². The highest BCUT2D eigenvalue weighted by Gasteiger charge is 2.61. The number of hydrogen-bond acceptors (Lipinski definition) is 1. The summed E-state index contributed by atoms with van der Waals surface area (Å²) < 4.78 is 0. The van der Waals surface area contributed by atoms with Crippen LogP contribution in [0.4, 0.5) is 0 Å². The Bertz CT molecular complexity index is 552. The minimum Gasteiger partial charge on any atom is -0.328 e. The van der Waals surface area contributed by atoms with Crippen molar-refractivity contribution in [2.45, 2.75) is 110 Å². The van der Waals surface area contributed by atoms with Crippen LogP contribution in [0.25, 0.3) is 0 Å². The third kappa shape index (κ3) is 3.34. The fraction of sp³-hybridized carbons (Fsp3) is 0.923. The van der Waals surface area contributed by atoms with Gasteiger partial charge in [0.1, 0.15) is 0 Å². The monoisotopic (exact) mass is 371 g/mol. The molecule has 0 aromatic rings. The number of nitrogens with two attached hydrogens (primary N) is 1. The lowest BCUT2D eigenvalue weighted by Crippen LogP contribution is -2.57. The molecule has 8 atom stereocenters. The van der Waals surface area contributed by atoms with Crippen LogP contribution in [0.2, 0.25) is 0 Å². The first-order valence-electron chi connectivity index (χ1n) is 12.3. The highest BCUT2D eigenvalue weighted by Crippen LogP contribution is 2.69. The minimum atomic E-state index is 0.484. The molecule has 1 heteroatoms. The van der Waals surface area contributed by atoms with Crippen LogP contribution < -0.4 is 5.73 Å². The second-order valence-electron chi connectivity index (χ2n) is 11.5. The average Bonchev–Trinajstić information content (AvgIpc) is 3.07. The SMILES string of the molecule is C=C(CC)CCCC1CCC2C1CCC1C3(C)CC[C@@H](N)CC3CCC21C. The summed E-state index contributed by atoms with van der Waals surface area (Å²) in [6.07, 6.45) is 18.3. The van der Waals surface area contributed by atoms with Crippen LogP contribution >= 0.6 is 0 Å². The molecule has 154 valence electrons. The minimum absolute atomic E-state index is 0.484. The molecular weight excluding hydrogens is 326 g/mol. The van der Waals surface area contributed by atoms with E-state index in [2.05, 4.69) is 27.4 Å². The van der Waals surface area contributed by atoms with E-state index in [0.717, 1.165) is 29.6 Å². The van der Waals surface area contributed by atoms with Gasteiger partial charge in [-0.15, -0.1) is 0 Å². The van der Waals surface area contributed by atoms with E-state index in [0.29, 0.717) is 16.9 Å². The molecule has 27 heavy (non-hydrogen) atoms. The maximum atomic E-state index is 6.38. The summed E-state index contributed by atoms with van der Waals surface area (Å²) in [5, 5.41) is 0. The zero-order valence-electron chi connectivity index (χ0n) is 18.4. The molecular formula is C26H45N. The van der Waals surface area contributed by atoms with Gasteiger partial charge in [-0.2, -0.15) is 0 Å². The van der Waals surface area contributed by atoms with Crippen molar-refractivity contribution in [1.29, 1.82) is 0 Å². The van der Waals surface area contributed by atoms with Crippen molar-refractivity contribution >= 4 is 0 Å². The van der Waals surface area contributed by atoms with E-state index in [-0.39, 0.29) is 0 Å². The molecule has 4 fully saturated rings. The van der Waals surface area contributed by atoms with Crippen LogP contribution in [0, 0.1) is 40.4 Å². The lowest BCUT2D eigenvalue weighted by molar-refractivity contribution is -0.144. The fourth-order valence-electron chi connectivity index (χ4n) is 8.79. The molecule has 4 saturated carbocycles. The van der Waals surface area contributed by atoms with Crippen LogP contribution in [0.5, 0.6) is 0 Å². The Hall–Kier alpha value is -0.300. The van der Waals surface area contributed by atoms with Crippen LogP contribution in [0.1, 0.15) is 104 Å². The Morgan fingerprint density at radius 2 is 1.78 bits per heavy atom. The second kappa shape index (κ2) is 7.51. The molecule has 1 nitrogen and oxygen atoms in total. The fourth-order valence-corrected chi connectivity index (χ4v) is 8.79. The van der Waals surface area contributed by atoms with Gasteiger partial charge >= 0.3 is 0 Å². The van der Waals surface area contributed by atoms with Gasteiger partial charge in [0.25, 0.3) is 0 Å². The first-order valence-corrected chi connectivity index (χ1v) is 12.3. The Balaban J connectivity index is 1.45. The molecule has 0 saturated heterocycles. The van der Waals surface area contributed by atoms with Gasteiger partial charge in [0.15, 0.2) is 0 Å². The average molecular weight is 372 g/mol. The van der Waals surface area contributed by atoms with Crippen molar-refractivity contribution < 1.29 is 0 Å². The summed E-state index contributed by atoms with van der Waals surface area (Å²) in [7, 11) is 0. The quantitative estimate of drug-likeness (QED) is 0.512. The topological polar surface area (TPSA) is 26.0 Å². The second-order valence-corrected chi connectivity index (χ2v) is 11.5. The Morgan fingerprint density at radius 3 is 2.56 bits per heavy atom. The van der Waals surface area contributed by atoms with E-state index in [9.17, 15) is 0 Å². The number of fused-ring (bicyclic) bond motifs is 5. The van der Waals surface area contributed by atoms with Crippen molar-refractivity contribution in [1.82, 2.24) is 0 Å². The summed E-state index contributed by atoms with van der Waals surface area (Å²) in [6.45, 7) is 11.9. The molecule has 4 rings (SSSR count). The Labute approximate surface area is 168 Å². The molecule has 4 aliphatic carbocycles. The van der Waals surface area contributed by atoms with Crippen LogP contribution in [0.3, 0.4) is 0 Å². The van der Waals surface area contributed by atoms with Gasteiger partial charge in [-0.3, -0.25) is 0 Å². The van der Waals surface area contributed by atoms with Crippen molar-refractivity contribution in [3.8, 4) is 0 Å². The molecule has 0 aliphatic heterocycles. The molecule has 0 amide bonds. The largest absolute Gasteiger partial charge is 0.328 e. The van der Waals surface area contributed by atoms with Crippen molar-refractivity contribution in [3.63, 3.8) is 0 Å². The molecule has 4 aliphatic rings. The van der Waals surface area contributed by atoms with Gasteiger partial charge in [0, 0.05) is 6.04 Å². The third-order valence-electron chi connectivity index (χ3n) is 10.4. The summed E-state index contributed by atoms with van der Waals surface area (Å²) in [5.74, 6) is 4.95. The zero-order valence-corrected chi connectivity index (χ0v) is 18.4. The van der Waals surface area contributed by atoms with Crippen molar-refractivity contribution in [2.24, 2.45) is 46.2 Å². The maximum Gasteiger partial charge on any atom is 0.00418 e. The number of rotatable bonds is 5. The first kappa shape index (κ1) is 20.0. The summed E-state index contributed by atoms with van der Waals surface area (Å²) >= 11 is 0. The van der Waals surface area contributed by atoms with Gasteiger partial charge in [-0.05, 0) is 124 Å². The van der Waals surface area contributed by atoms with Crippen molar-refractivity contribution in [3.05, 3.63) is 12.2 Å². The van der Waals surface area contributed by atoms with Gasteiger partial charge in [-0.1, -0.05) is 32.9 Å². The number of hydrogen-bond donors (Lipinski definition) is 1. The molecule has 0 spiro atoms. The van der Waals surface area contributed by atoms with Gasteiger partial charge in [0.2, 0.25) is 0 Å². The summed E-state index contributed by atoms with van der Waals surface area (Å²) in [4.78, 5) is 0. The summed E-state index contributed by atoms with van der Waals surface area (Å²) in [5.41, 5.74) is 9.05. The molecule has 0 aromatic carbocycles. The highest BCUT2D eigenvalue weighted by molar-refractivity contribution is 5.11. The van der Waals surface area contributed by atoms with E-state index in [1.54, 1.807) is 0 Å². The van der Waals surface area contributed by atoms with Gasteiger partial charge in [-0.25, -0.2) is 0 Å². The van der Waals surface area contributed by atoms with Crippen LogP contribution in [-0.2, 0) is 0 Å². The van der Waals surface area contributed by atoms with E-state index >= 15 is 0 Å². The highest BCUT2D eigenvalue weighted by atomic mass is 14.7. The normalized spacial score (nSPS) is 49.2. The maximum absolute atomic E-state index is 6.38. The van der Waals surface area contributed by atoms with E-state index in [1.807, 2.05) is 0 Å². The molecule has 0 radical (unpaired) electrons. The molecule has 2 N–H and O–H groups in total. The van der Waals surface area contributed by atoms with E-state index in [1.165, 1.54) is 89.0 Å². The Kier molecular flexibility index (Phi) is 5.56. The summed E-state index contributed by atoms with van der Waals surface area (Å²) in [6, 6.07) is 0.484. The molecule has 0 aromatic heterocycles. The molecule has 0 heterocycles. The Morgan fingerprint density at radius 1 is 1.00 bits per heavy atom. The van der Waals surface area contributed by atoms with E-state index < -0.39 is 0 Å². The van der Waals surface area contributed by atoms with Crippen LogP contribution in [0.15, 0.2) is 12.2 Å². The number of allylic oxidation sites excluding steroid dienone is 1. The molecule has 7 unspecified atom stereocenters. The lowest BCUT2D eigenvalue weighted by Gasteiger charge is -2.64. The first-order chi connectivity index (χ1) is 12.9. The van der Waals surface area contributed by atoms with Crippen LogP contribution in [-0.4, -0.2) is 6.04 Å². The van der Waals surface area contributed by atoms with Gasteiger partial charge < -0.3 is 5.73 Å². The molecule has 0 bridgehead atoms. The predicted molar refractivity (Wildman–Crippen MR) is 116 cm³/mol. The third-order valence-corrected chi connectivity index (χ3v) is 10.4. The zero-order chi connectivity index (χ0) is 19.2. The lowest BCUT2D eigenvalue weighted by atomic mass is 9.41.